The lowest BCUT2D eigenvalue weighted by Crippen LogP contribution is -2.34. The third-order valence-electron chi connectivity index (χ3n) is 0.999. The van der Waals surface area contributed by atoms with Crippen LogP contribution in [0.1, 0.15) is 20.3 Å². The number of rotatable bonds is 3. The topological polar surface area (TPSA) is 72.3 Å². The van der Waals surface area contributed by atoms with Crippen molar-refractivity contribution in [3.63, 3.8) is 0 Å². The highest BCUT2D eigenvalue weighted by Crippen LogP contribution is 1.99. The van der Waals surface area contributed by atoms with Gasteiger partial charge < -0.3 is 16.4 Å². The molecule has 0 rings (SSSR count). The Morgan fingerprint density at radius 2 is 1.75 bits per heavy atom. The average Bonchev–Trinajstić information content (AvgIpc) is 1.86. The van der Waals surface area contributed by atoms with Crippen LogP contribution >= 0.6 is 0 Å². The van der Waals surface area contributed by atoms with Crippen LogP contribution in [0.3, 0.4) is 0 Å². The Hall–Kier alpha value is -0.610. The van der Waals surface area contributed by atoms with Crippen LogP contribution in [0.25, 0.3) is 0 Å². The smallest absolute Gasteiger partial charge is 0.209 e. The van der Waals surface area contributed by atoms with Crippen molar-refractivity contribution in [1.29, 1.82) is 0 Å². The van der Waals surface area contributed by atoms with Gasteiger partial charge in [0.1, 0.15) is 0 Å². The van der Waals surface area contributed by atoms with Gasteiger partial charge in [-0.15, -0.1) is 0 Å². The Balaban J connectivity index is 0. The Labute approximate surface area is 74.9 Å². The molecule has 0 radical (unpaired) electrons. The molecule has 4 heteroatoms. The highest BCUT2D eigenvalue weighted by molar-refractivity contribution is 5.45. The Bertz CT molecular complexity index is 107. The van der Waals surface area contributed by atoms with Gasteiger partial charge in [0.05, 0.1) is 0 Å². The number of amides is 1. The molecule has 0 saturated heterocycles. The standard InChI is InChI=1S/C5H14N2.C3H7NO/c1-5(2,7)3-4-6;1-4(2)3-5/h3-4,6-7H2,1-2H3;3H,1-2H3. The monoisotopic (exact) mass is 175 g/mol. The number of nitrogens with zero attached hydrogens (tertiary/aromatic N) is 1. The van der Waals surface area contributed by atoms with Crippen molar-refractivity contribution in [2.24, 2.45) is 11.5 Å². The van der Waals surface area contributed by atoms with E-state index in [1.165, 1.54) is 4.90 Å². The lowest BCUT2D eigenvalue weighted by atomic mass is 10.0. The van der Waals surface area contributed by atoms with Gasteiger partial charge in [-0.25, -0.2) is 0 Å². The predicted molar refractivity (Wildman–Crippen MR) is 51.7 cm³/mol. The average molecular weight is 175 g/mol. The van der Waals surface area contributed by atoms with Crippen molar-refractivity contribution in [3.05, 3.63) is 0 Å². The summed E-state index contributed by atoms with van der Waals surface area (Å²) in [6.07, 6.45) is 1.65. The summed E-state index contributed by atoms with van der Waals surface area (Å²) in [6, 6.07) is 0. The van der Waals surface area contributed by atoms with Crippen molar-refractivity contribution in [2.75, 3.05) is 20.6 Å². The van der Waals surface area contributed by atoms with E-state index in [0.29, 0.717) is 6.54 Å². The van der Waals surface area contributed by atoms with Crippen LogP contribution in [0.2, 0.25) is 0 Å². The molecule has 1 amide bonds. The molecule has 12 heavy (non-hydrogen) atoms. The third-order valence-corrected chi connectivity index (χ3v) is 0.999. The second-order valence-corrected chi connectivity index (χ2v) is 3.60. The molecule has 0 heterocycles. The van der Waals surface area contributed by atoms with E-state index in [0.717, 1.165) is 12.8 Å². The van der Waals surface area contributed by atoms with Gasteiger partial charge in [-0.05, 0) is 26.8 Å². The fraction of sp³-hybridized carbons (Fsp3) is 0.875. The summed E-state index contributed by atoms with van der Waals surface area (Å²) in [5.74, 6) is 0. The molecule has 0 aliphatic carbocycles. The van der Waals surface area contributed by atoms with E-state index in [2.05, 4.69) is 0 Å². The van der Waals surface area contributed by atoms with Crippen LogP contribution in [0.5, 0.6) is 0 Å². The van der Waals surface area contributed by atoms with Crippen molar-refractivity contribution in [3.8, 4) is 0 Å². The second kappa shape index (κ2) is 7.06. The van der Waals surface area contributed by atoms with Crippen molar-refractivity contribution < 1.29 is 4.79 Å². The van der Waals surface area contributed by atoms with Crippen LogP contribution in [-0.4, -0.2) is 37.5 Å². The summed E-state index contributed by atoms with van der Waals surface area (Å²) in [4.78, 5) is 10.9. The summed E-state index contributed by atoms with van der Waals surface area (Å²) < 4.78 is 0. The van der Waals surface area contributed by atoms with Gasteiger partial charge in [-0.2, -0.15) is 0 Å². The molecule has 0 unspecified atom stereocenters. The first-order valence-corrected chi connectivity index (χ1v) is 3.94. The summed E-state index contributed by atoms with van der Waals surface area (Å²) in [5.41, 5.74) is 10.7. The van der Waals surface area contributed by atoms with Gasteiger partial charge in [-0.1, -0.05) is 0 Å². The number of hydrogen-bond donors (Lipinski definition) is 2. The van der Waals surface area contributed by atoms with Gasteiger partial charge in [0.2, 0.25) is 6.41 Å². The van der Waals surface area contributed by atoms with Gasteiger partial charge in [0.15, 0.2) is 0 Å². The molecule has 0 aromatic heterocycles. The SMILES string of the molecule is CC(C)(N)CCN.CN(C)C=O. The second-order valence-electron chi connectivity index (χ2n) is 3.60. The van der Waals surface area contributed by atoms with Crippen LogP contribution in [-0.2, 0) is 4.79 Å². The maximum Gasteiger partial charge on any atom is 0.209 e. The predicted octanol–water partition coefficient (Wildman–Crippen LogP) is -0.223. The molecular weight excluding hydrogens is 154 g/mol. The van der Waals surface area contributed by atoms with Crippen molar-refractivity contribution >= 4 is 6.41 Å². The first kappa shape index (κ1) is 13.9. The summed E-state index contributed by atoms with van der Waals surface area (Å²) in [5, 5.41) is 0. The van der Waals surface area contributed by atoms with Crippen LogP contribution in [0.15, 0.2) is 0 Å². The van der Waals surface area contributed by atoms with Gasteiger partial charge >= 0.3 is 0 Å². The maximum absolute atomic E-state index is 9.43. The van der Waals surface area contributed by atoms with Crippen LogP contribution in [0.4, 0.5) is 0 Å². The van der Waals surface area contributed by atoms with E-state index in [9.17, 15) is 4.79 Å². The third kappa shape index (κ3) is 22.8. The lowest BCUT2D eigenvalue weighted by Gasteiger charge is -2.15. The van der Waals surface area contributed by atoms with Crippen LogP contribution in [0, 0.1) is 0 Å². The molecule has 4 N–H and O–H groups in total. The number of hydrogen-bond acceptors (Lipinski definition) is 3. The Kier molecular flexibility index (Phi) is 8.21. The number of carbonyl (C=O) groups is 1. The minimum Gasteiger partial charge on any atom is -0.351 e. The first-order chi connectivity index (χ1) is 5.33. The molecular formula is C8H21N3O. The van der Waals surface area contributed by atoms with Crippen molar-refractivity contribution in [1.82, 2.24) is 4.90 Å². The zero-order valence-electron chi connectivity index (χ0n) is 8.50. The van der Waals surface area contributed by atoms with Gasteiger partial charge in [0, 0.05) is 19.6 Å². The fourth-order valence-electron chi connectivity index (χ4n) is 0.372. The molecule has 0 aliphatic rings. The van der Waals surface area contributed by atoms with E-state index in [1.54, 1.807) is 14.1 Å². The molecule has 0 aliphatic heterocycles. The first-order valence-electron chi connectivity index (χ1n) is 3.94. The molecule has 0 fully saturated rings. The minimum absolute atomic E-state index is 0.0747. The zero-order valence-corrected chi connectivity index (χ0v) is 8.50. The molecule has 0 bridgehead atoms. The number of nitrogens with two attached hydrogens (primary N) is 2. The zero-order chi connectivity index (χ0) is 10.2. The van der Waals surface area contributed by atoms with E-state index in [1.807, 2.05) is 13.8 Å². The highest BCUT2D eigenvalue weighted by atomic mass is 16.1. The molecule has 0 aromatic rings. The summed E-state index contributed by atoms with van der Waals surface area (Å²) in [7, 11) is 3.38. The maximum atomic E-state index is 9.43. The van der Waals surface area contributed by atoms with Crippen LogP contribution < -0.4 is 11.5 Å². The minimum atomic E-state index is -0.0747. The Morgan fingerprint density at radius 1 is 1.42 bits per heavy atom. The van der Waals surface area contributed by atoms with E-state index in [4.69, 9.17) is 11.5 Å². The molecule has 0 atom stereocenters. The van der Waals surface area contributed by atoms with Gasteiger partial charge in [-0.3, -0.25) is 4.79 Å². The Morgan fingerprint density at radius 3 is 1.75 bits per heavy atom. The van der Waals surface area contributed by atoms with Crippen molar-refractivity contribution in [2.45, 2.75) is 25.8 Å². The van der Waals surface area contributed by atoms with Gasteiger partial charge in [0.25, 0.3) is 0 Å². The summed E-state index contributed by atoms with van der Waals surface area (Å²) >= 11 is 0. The molecule has 4 nitrogen and oxygen atoms in total. The molecule has 0 saturated carbocycles. The highest BCUT2D eigenvalue weighted by Gasteiger charge is 2.06. The largest absolute Gasteiger partial charge is 0.351 e. The molecule has 0 aromatic carbocycles. The van der Waals surface area contributed by atoms with E-state index < -0.39 is 0 Å². The van der Waals surface area contributed by atoms with E-state index in [-0.39, 0.29) is 5.54 Å². The fourth-order valence-corrected chi connectivity index (χ4v) is 0.372. The normalized spacial score (nSPS) is 9.83. The number of carbonyl (C=O) groups excluding carboxylic acids is 1. The quantitative estimate of drug-likeness (QED) is 0.582. The molecule has 74 valence electrons. The summed E-state index contributed by atoms with van der Waals surface area (Å²) in [6.45, 7) is 4.63. The lowest BCUT2D eigenvalue weighted by molar-refractivity contribution is -0.115. The molecule has 0 spiro atoms. The van der Waals surface area contributed by atoms with E-state index >= 15 is 0 Å².